The van der Waals surface area contributed by atoms with Crippen molar-refractivity contribution in [1.82, 2.24) is 20.2 Å². The lowest BCUT2D eigenvalue weighted by molar-refractivity contribution is 0.643. The Hall–Kier alpha value is -2.76. The van der Waals surface area contributed by atoms with Crippen LogP contribution in [0.25, 0.3) is 10.9 Å². The van der Waals surface area contributed by atoms with Crippen molar-refractivity contribution >= 4 is 22.4 Å². The summed E-state index contributed by atoms with van der Waals surface area (Å²) >= 11 is 0. The smallest absolute Gasteiger partial charge is 0.151 e. The highest BCUT2D eigenvalue weighted by Crippen LogP contribution is 2.22. The van der Waals surface area contributed by atoms with Gasteiger partial charge in [0.15, 0.2) is 5.82 Å². The number of fused-ring (bicyclic) bond motifs is 1. The fourth-order valence-electron chi connectivity index (χ4n) is 2.92. The molecule has 0 spiro atoms. The molecular formula is C17H18N6. The zero-order valence-electron chi connectivity index (χ0n) is 13.1. The number of rotatable bonds is 2. The van der Waals surface area contributed by atoms with E-state index >= 15 is 0 Å². The molecule has 23 heavy (non-hydrogen) atoms. The molecular weight excluding hydrogens is 288 g/mol. The van der Waals surface area contributed by atoms with E-state index in [1.165, 1.54) is 5.69 Å². The number of anilines is 2. The topological polar surface area (TPSA) is 58.0 Å². The van der Waals surface area contributed by atoms with E-state index in [9.17, 15) is 0 Å². The highest BCUT2D eigenvalue weighted by Gasteiger charge is 2.18. The van der Waals surface area contributed by atoms with Gasteiger partial charge in [-0.25, -0.2) is 9.97 Å². The van der Waals surface area contributed by atoms with Crippen LogP contribution >= 0.6 is 0 Å². The molecule has 116 valence electrons. The van der Waals surface area contributed by atoms with Crippen molar-refractivity contribution in [3.63, 3.8) is 0 Å². The summed E-state index contributed by atoms with van der Waals surface area (Å²) in [5.74, 6) is 0.960. The van der Waals surface area contributed by atoms with Gasteiger partial charge in [-0.05, 0) is 37.3 Å². The Kier molecular flexibility index (Phi) is 3.49. The highest BCUT2D eigenvalue weighted by molar-refractivity contribution is 5.81. The van der Waals surface area contributed by atoms with Gasteiger partial charge in [0.2, 0.25) is 0 Å². The Labute approximate surface area is 134 Å². The van der Waals surface area contributed by atoms with Gasteiger partial charge in [-0.2, -0.15) is 5.10 Å². The van der Waals surface area contributed by atoms with Gasteiger partial charge in [0, 0.05) is 43.4 Å². The summed E-state index contributed by atoms with van der Waals surface area (Å²) in [5, 5.41) is 9.51. The van der Waals surface area contributed by atoms with E-state index in [0.29, 0.717) is 0 Å². The third kappa shape index (κ3) is 2.79. The number of aromatic nitrogens is 4. The Morgan fingerprint density at radius 3 is 2.52 bits per heavy atom. The molecule has 0 amide bonds. The lowest BCUT2D eigenvalue weighted by Crippen LogP contribution is -2.46. The molecule has 0 saturated carbocycles. The van der Waals surface area contributed by atoms with Crippen molar-refractivity contribution in [2.24, 2.45) is 0 Å². The monoisotopic (exact) mass is 306 g/mol. The van der Waals surface area contributed by atoms with E-state index < -0.39 is 0 Å². The minimum Gasteiger partial charge on any atom is -0.368 e. The largest absolute Gasteiger partial charge is 0.368 e. The molecule has 6 heteroatoms. The quantitative estimate of drug-likeness (QED) is 0.722. The number of hydrogen-bond donors (Lipinski definition) is 0. The van der Waals surface area contributed by atoms with Crippen LogP contribution in [0, 0.1) is 6.92 Å². The zero-order valence-corrected chi connectivity index (χ0v) is 13.1. The molecule has 0 unspecified atom stereocenters. The molecule has 0 radical (unpaired) electrons. The van der Waals surface area contributed by atoms with Gasteiger partial charge >= 0.3 is 0 Å². The van der Waals surface area contributed by atoms with E-state index in [0.717, 1.165) is 48.6 Å². The van der Waals surface area contributed by atoms with Crippen LogP contribution in [0.5, 0.6) is 0 Å². The third-order valence-corrected chi connectivity index (χ3v) is 4.24. The van der Waals surface area contributed by atoms with Gasteiger partial charge in [0.1, 0.15) is 6.33 Å². The predicted octanol–water partition coefficient (Wildman–Crippen LogP) is 2.05. The second-order valence-electron chi connectivity index (χ2n) is 5.77. The predicted molar refractivity (Wildman–Crippen MR) is 90.7 cm³/mol. The summed E-state index contributed by atoms with van der Waals surface area (Å²) < 4.78 is 0. The Morgan fingerprint density at radius 2 is 1.74 bits per heavy atom. The van der Waals surface area contributed by atoms with E-state index in [1.54, 1.807) is 6.33 Å². The Morgan fingerprint density at radius 1 is 0.913 bits per heavy atom. The maximum absolute atomic E-state index is 4.28. The second-order valence-corrected chi connectivity index (χ2v) is 5.77. The molecule has 0 atom stereocenters. The van der Waals surface area contributed by atoms with Crippen LogP contribution in [-0.4, -0.2) is 46.3 Å². The Balaban J connectivity index is 1.49. The first kappa shape index (κ1) is 13.9. The number of benzene rings is 1. The van der Waals surface area contributed by atoms with Crippen molar-refractivity contribution in [2.45, 2.75) is 6.92 Å². The van der Waals surface area contributed by atoms with Gasteiger partial charge in [-0.1, -0.05) is 0 Å². The van der Waals surface area contributed by atoms with Crippen LogP contribution in [0.15, 0.2) is 42.9 Å². The van der Waals surface area contributed by atoms with Crippen LogP contribution in [-0.2, 0) is 0 Å². The zero-order chi connectivity index (χ0) is 15.6. The summed E-state index contributed by atoms with van der Waals surface area (Å²) in [6.45, 7) is 5.78. The first-order valence-electron chi connectivity index (χ1n) is 7.79. The maximum atomic E-state index is 4.28. The molecule has 1 fully saturated rings. The fourth-order valence-corrected chi connectivity index (χ4v) is 2.92. The highest BCUT2D eigenvalue weighted by atomic mass is 15.3. The summed E-state index contributed by atoms with van der Waals surface area (Å²) in [6.07, 6.45) is 3.45. The van der Waals surface area contributed by atoms with Gasteiger partial charge in [0.05, 0.1) is 11.2 Å². The minimum atomic E-state index is 0.946. The van der Waals surface area contributed by atoms with Crippen molar-refractivity contribution in [3.05, 3.63) is 48.5 Å². The standard InChI is InChI=1S/C17H18N6/c1-13-2-5-17(21-20-13)23-8-6-22(7-9-23)15-3-4-16-14(10-15)11-18-12-19-16/h2-5,10-12H,6-9H2,1H3. The van der Waals surface area contributed by atoms with Gasteiger partial charge in [-0.3, -0.25) is 0 Å². The summed E-state index contributed by atoms with van der Waals surface area (Å²) in [4.78, 5) is 13.1. The molecule has 4 rings (SSSR count). The SMILES string of the molecule is Cc1ccc(N2CCN(c3ccc4ncncc4c3)CC2)nn1. The molecule has 0 N–H and O–H groups in total. The van der Waals surface area contributed by atoms with E-state index in [2.05, 4.69) is 48.2 Å². The summed E-state index contributed by atoms with van der Waals surface area (Å²) in [6, 6.07) is 10.4. The number of nitrogens with zero attached hydrogens (tertiary/aromatic N) is 6. The van der Waals surface area contributed by atoms with Gasteiger partial charge in [0.25, 0.3) is 0 Å². The van der Waals surface area contributed by atoms with Crippen LogP contribution in [0.2, 0.25) is 0 Å². The lowest BCUT2D eigenvalue weighted by atomic mass is 10.2. The molecule has 2 aromatic heterocycles. The average molecular weight is 306 g/mol. The number of piperazine rings is 1. The van der Waals surface area contributed by atoms with Crippen molar-refractivity contribution < 1.29 is 0 Å². The molecule has 1 aliphatic heterocycles. The third-order valence-electron chi connectivity index (χ3n) is 4.24. The van der Waals surface area contributed by atoms with Crippen LogP contribution < -0.4 is 9.80 Å². The van der Waals surface area contributed by atoms with Gasteiger partial charge < -0.3 is 9.80 Å². The molecule has 6 nitrogen and oxygen atoms in total. The van der Waals surface area contributed by atoms with Gasteiger partial charge in [-0.15, -0.1) is 5.10 Å². The first-order chi connectivity index (χ1) is 11.3. The molecule has 3 heterocycles. The minimum absolute atomic E-state index is 0.946. The van der Waals surface area contributed by atoms with Crippen molar-refractivity contribution in [2.75, 3.05) is 36.0 Å². The van der Waals surface area contributed by atoms with Crippen molar-refractivity contribution in [3.8, 4) is 0 Å². The second kappa shape index (κ2) is 5.79. The molecule has 0 bridgehead atoms. The Bertz CT molecular complexity index is 809. The number of aryl methyl sites for hydroxylation is 1. The van der Waals surface area contributed by atoms with E-state index in [1.807, 2.05) is 25.3 Å². The molecule has 1 aromatic carbocycles. The fraction of sp³-hybridized carbons (Fsp3) is 0.294. The van der Waals surface area contributed by atoms with Crippen LogP contribution in [0.3, 0.4) is 0 Å². The average Bonchev–Trinajstić information content (AvgIpc) is 2.62. The van der Waals surface area contributed by atoms with Crippen molar-refractivity contribution in [1.29, 1.82) is 0 Å². The van der Waals surface area contributed by atoms with E-state index in [4.69, 9.17) is 0 Å². The normalized spacial score (nSPS) is 15.2. The summed E-state index contributed by atoms with van der Waals surface area (Å²) in [5.41, 5.74) is 3.16. The number of hydrogen-bond acceptors (Lipinski definition) is 6. The summed E-state index contributed by atoms with van der Waals surface area (Å²) in [7, 11) is 0. The van der Waals surface area contributed by atoms with E-state index in [-0.39, 0.29) is 0 Å². The molecule has 1 aliphatic rings. The maximum Gasteiger partial charge on any atom is 0.151 e. The van der Waals surface area contributed by atoms with Crippen LogP contribution in [0.4, 0.5) is 11.5 Å². The molecule has 1 saturated heterocycles. The molecule has 3 aromatic rings. The first-order valence-corrected chi connectivity index (χ1v) is 7.79. The van der Waals surface area contributed by atoms with Crippen LogP contribution in [0.1, 0.15) is 5.69 Å². The lowest BCUT2D eigenvalue weighted by Gasteiger charge is -2.36. The molecule has 0 aliphatic carbocycles.